The van der Waals surface area contributed by atoms with Gasteiger partial charge in [-0.25, -0.2) is 0 Å². The van der Waals surface area contributed by atoms with Crippen molar-refractivity contribution in [2.45, 2.75) is 18.4 Å². The molecule has 0 aliphatic carbocycles. The molecule has 5 heteroatoms. The van der Waals surface area contributed by atoms with Gasteiger partial charge in [0.15, 0.2) is 0 Å². The fourth-order valence-corrected chi connectivity index (χ4v) is 2.55. The number of nitrogens with two attached hydrogens (primary N) is 1. The van der Waals surface area contributed by atoms with Gasteiger partial charge in [0, 0.05) is 13.1 Å². The molecule has 5 nitrogen and oxygen atoms in total. The average molecular weight is 213 g/mol. The van der Waals surface area contributed by atoms with Crippen LogP contribution in [0.4, 0.5) is 0 Å². The molecule has 0 unspecified atom stereocenters. The third kappa shape index (κ3) is 2.00. The van der Waals surface area contributed by atoms with Gasteiger partial charge in [-0.3, -0.25) is 9.69 Å². The molecule has 1 amide bonds. The van der Waals surface area contributed by atoms with Gasteiger partial charge in [0.05, 0.1) is 13.2 Å². The van der Waals surface area contributed by atoms with Crippen LogP contribution in [0.3, 0.4) is 0 Å². The molecule has 0 atom stereocenters. The number of nitrogens with zero attached hydrogens (tertiary/aromatic N) is 1. The Morgan fingerprint density at radius 3 is 2.40 bits per heavy atom. The topological polar surface area (TPSA) is 67.6 Å². The van der Waals surface area contributed by atoms with E-state index >= 15 is 0 Å². The molecule has 0 bridgehead atoms. The van der Waals surface area contributed by atoms with E-state index in [0.29, 0.717) is 13.2 Å². The predicted octanol–water partition coefficient (Wildman–Crippen LogP) is -1.07. The van der Waals surface area contributed by atoms with Gasteiger partial charge in [0.25, 0.3) is 0 Å². The van der Waals surface area contributed by atoms with E-state index in [2.05, 4.69) is 10.2 Å². The minimum Gasteiger partial charge on any atom is -0.379 e. The zero-order chi connectivity index (χ0) is 10.7. The van der Waals surface area contributed by atoms with Crippen molar-refractivity contribution < 1.29 is 9.53 Å². The molecular weight excluding hydrogens is 194 g/mol. The number of carbonyl (C=O) groups excluding carboxylic acids is 1. The van der Waals surface area contributed by atoms with Crippen molar-refractivity contribution >= 4 is 5.91 Å². The molecule has 0 spiro atoms. The van der Waals surface area contributed by atoms with Crippen molar-refractivity contribution in [1.82, 2.24) is 10.2 Å². The Morgan fingerprint density at radius 1 is 1.27 bits per heavy atom. The zero-order valence-corrected chi connectivity index (χ0v) is 9.00. The highest BCUT2D eigenvalue weighted by Crippen LogP contribution is 2.26. The van der Waals surface area contributed by atoms with Crippen LogP contribution in [0, 0.1) is 0 Å². The van der Waals surface area contributed by atoms with Crippen LogP contribution < -0.4 is 11.1 Å². The number of primary amides is 1. The lowest BCUT2D eigenvalue weighted by Crippen LogP contribution is -2.64. The molecule has 2 heterocycles. The molecule has 0 aromatic carbocycles. The fourth-order valence-electron chi connectivity index (χ4n) is 2.55. The molecule has 0 saturated carbocycles. The van der Waals surface area contributed by atoms with Gasteiger partial charge < -0.3 is 15.8 Å². The monoisotopic (exact) mass is 213 g/mol. The van der Waals surface area contributed by atoms with Crippen LogP contribution in [0.1, 0.15) is 12.8 Å². The molecular formula is C10H19N3O2. The first-order valence-corrected chi connectivity index (χ1v) is 5.59. The molecule has 2 saturated heterocycles. The summed E-state index contributed by atoms with van der Waals surface area (Å²) < 4.78 is 5.31. The number of piperidine rings is 1. The zero-order valence-electron chi connectivity index (χ0n) is 9.00. The molecule has 15 heavy (non-hydrogen) atoms. The summed E-state index contributed by atoms with van der Waals surface area (Å²) in [6.07, 6.45) is 1.64. The van der Waals surface area contributed by atoms with Crippen LogP contribution in [0.2, 0.25) is 0 Å². The first kappa shape index (κ1) is 10.9. The van der Waals surface area contributed by atoms with Gasteiger partial charge in [-0.1, -0.05) is 0 Å². The number of carbonyl (C=O) groups is 1. The summed E-state index contributed by atoms with van der Waals surface area (Å²) in [6, 6.07) is 0. The summed E-state index contributed by atoms with van der Waals surface area (Å²) in [5, 5.41) is 3.27. The number of amides is 1. The second kappa shape index (κ2) is 4.47. The van der Waals surface area contributed by atoms with E-state index in [1.165, 1.54) is 0 Å². The average Bonchev–Trinajstić information content (AvgIpc) is 2.31. The number of ether oxygens (including phenoxy) is 1. The number of rotatable bonds is 2. The maximum atomic E-state index is 11.7. The summed E-state index contributed by atoms with van der Waals surface area (Å²) >= 11 is 0. The van der Waals surface area contributed by atoms with E-state index in [1.54, 1.807) is 0 Å². The van der Waals surface area contributed by atoms with Gasteiger partial charge in [-0.15, -0.1) is 0 Å². The van der Waals surface area contributed by atoms with E-state index in [4.69, 9.17) is 10.5 Å². The highest BCUT2D eigenvalue weighted by Gasteiger charge is 2.43. The van der Waals surface area contributed by atoms with E-state index in [1.807, 2.05) is 0 Å². The maximum Gasteiger partial charge on any atom is 0.238 e. The minimum absolute atomic E-state index is 0.175. The van der Waals surface area contributed by atoms with Crippen molar-refractivity contribution in [3.63, 3.8) is 0 Å². The maximum absolute atomic E-state index is 11.7. The van der Waals surface area contributed by atoms with Crippen molar-refractivity contribution in [3.8, 4) is 0 Å². The minimum atomic E-state index is -0.422. The van der Waals surface area contributed by atoms with E-state index in [0.717, 1.165) is 39.0 Å². The quantitative estimate of drug-likeness (QED) is 0.612. The van der Waals surface area contributed by atoms with Gasteiger partial charge >= 0.3 is 0 Å². The summed E-state index contributed by atoms with van der Waals surface area (Å²) in [5.41, 5.74) is 5.16. The van der Waals surface area contributed by atoms with Crippen LogP contribution in [-0.2, 0) is 9.53 Å². The molecule has 2 rings (SSSR count). The SMILES string of the molecule is NC(=O)C1(N2CCOCC2)CCNCC1. The molecule has 0 aromatic rings. The fraction of sp³-hybridized carbons (Fsp3) is 0.900. The molecule has 2 aliphatic rings. The first-order chi connectivity index (χ1) is 7.26. The molecule has 2 fully saturated rings. The Labute approximate surface area is 89.9 Å². The van der Waals surface area contributed by atoms with Crippen LogP contribution in [0.25, 0.3) is 0 Å². The lowest BCUT2D eigenvalue weighted by molar-refractivity contribution is -0.136. The van der Waals surface area contributed by atoms with Gasteiger partial charge in [-0.05, 0) is 25.9 Å². The van der Waals surface area contributed by atoms with Crippen LogP contribution in [0.15, 0.2) is 0 Å². The molecule has 0 radical (unpaired) electrons. The second-order valence-corrected chi connectivity index (χ2v) is 4.25. The van der Waals surface area contributed by atoms with Crippen LogP contribution in [-0.4, -0.2) is 55.7 Å². The predicted molar refractivity (Wildman–Crippen MR) is 56.4 cm³/mol. The highest BCUT2D eigenvalue weighted by molar-refractivity contribution is 5.84. The Bertz CT molecular complexity index is 233. The Balaban J connectivity index is 2.12. The van der Waals surface area contributed by atoms with Crippen molar-refractivity contribution in [3.05, 3.63) is 0 Å². The van der Waals surface area contributed by atoms with E-state index in [9.17, 15) is 4.79 Å². The van der Waals surface area contributed by atoms with Crippen molar-refractivity contribution in [2.75, 3.05) is 39.4 Å². The molecule has 3 N–H and O–H groups in total. The second-order valence-electron chi connectivity index (χ2n) is 4.25. The van der Waals surface area contributed by atoms with E-state index < -0.39 is 5.54 Å². The molecule has 86 valence electrons. The summed E-state index contributed by atoms with van der Waals surface area (Å²) in [5.74, 6) is -0.175. The number of hydrogen-bond donors (Lipinski definition) is 2. The van der Waals surface area contributed by atoms with Gasteiger partial charge in [0.2, 0.25) is 5.91 Å². The Morgan fingerprint density at radius 2 is 1.87 bits per heavy atom. The third-order valence-electron chi connectivity index (χ3n) is 3.51. The summed E-state index contributed by atoms with van der Waals surface area (Å²) in [7, 11) is 0. The van der Waals surface area contributed by atoms with Crippen molar-refractivity contribution in [2.24, 2.45) is 5.73 Å². The molecule has 0 aromatic heterocycles. The van der Waals surface area contributed by atoms with E-state index in [-0.39, 0.29) is 5.91 Å². The lowest BCUT2D eigenvalue weighted by atomic mass is 9.85. The molecule has 2 aliphatic heterocycles. The van der Waals surface area contributed by atoms with Crippen LogP contribution >= 0.6 is 0 Å². The smallest absolute Gasteiger partial charge is 0.238 e. The summed E-state index contributed by atoms with van der Waals surface area (Å²) in [6.45, 7) is 4.82. The lowest BCUT2D eigenvalue weighted by Gasteiger charge is -2.45. The van der Waals surface area contributed by atoms with Crippen LogP contribution in [0.5, 0.6) is 0 Å². The standard InChI is InChI=1S/C10H19N3O2/c11-9(14)10(1-3-12-4-2-10)13-5-7-15-8-6-13/h12H,1-8H2,(H2,11,14). The number of morpholine rings is 1. The number of hydrogen-bond acceptors (Lipinski definition) is 4. The van der Waals surface area contributed by atoms with Gasteiger partial charge in [0.1, 0.15) is 5.54 Å². The Kier molecular flexibility index (Phi) is 3.23. The largest absolute Gasteiger partial charge is 0.379 e. The van der Waals surface area contributed by atoms with Gasteiger partial charge in [-0.2, -0.15) is 0 Å². The van der Waals surface area contributed by atoms with Crippen molar-refractivity contribution in [1.29, 1.82) is 0 Å². The summed E-state index contributed by atoms with van der Waals surface area (Å²) in [4.78, 5) is 13.9. The number of nitrogens with one attached hydrogen (secondary N) is 1. The first-order valence-electron chi connectivity index (χ1n) is 5.59. The Hall–Kier alpha value is -0.650. The normalized spacial score (nSPS) is 27.5. The third-order valence-corrected chi connectivity index (χ3v) is 3.51. The highest BCUT2D eigenvalue weighted by atomic mass is 16.5.